The number of sulfonamides is 1. The molecule has 2 saturated heterocycles. The van der Waals surface area contributed by atoms with Crippen molar-refractivity contribution in [2.75, 3.05) is 18.8 Å². The van der Waals surface area contributed by atoms with E-state index in [1.54, 1.807) is 0 Å². The fourth-order valence-corrected chi connectivity index (χ4v) is 4.45. The lowest BCUT2D eigenvalue weighted by Gasteiger charge is -2.31. The van der Waals surface area contributed by atoms with Crippen molar-refractivity contribution in [1.82, 2.24) is 4.31 Å². The number of hydrogen-bond donors (Lipinski definition) is 1. The van der Waals surface area contributed by atoms with Crippen molar-refractivity contribution < 1.29 is 18.1 Å². The Morgan fingerprint density at radius 3 is 2.48 bits per heavy atom. The van der Waals surface area contributed by atoms with Gasteiger partial charge in [-0.25, -0.2) is 8.42 Å². The number of fused-ring (bicyclic) bond motifs is 2. The van der Waals surface area contributed by atoms with Gasteiger partial charge in [-0.3, -0.25) is 10.1 Å². The van der Waals surface area contributed by atoms with E-state index in [9.17, 15) is 18.5 Å². The molecule has 2 fully saturated rings. The summed E-state index contributed by atoms with van der Waals surface area (Å²) in [5, 5.41) is 11.1. The van der Waals surface area contributed by atoms with E-state index in [0.29, 0.717) is 0 Å². The van der Waals surface area contributed by atoms with Gasteiger partial charge in [-0.15, -0.1) is 0 Å². The molecule has 0 saturated carbocycles. The predicted molar refractivity (Wildman–Crippen MR) is 74.2 cm³/mol. The molecule has 2 bridgehead atoms. The van der Waals surface area contributed by atoms with Crippen LogP contribution in [0.1, 0.15) is 12.8 Å². The zero-order valence-corrected chi connectivity index (χ0v) is 12.0. The molecule has 2 N–H and O–H groups in total. The maximum Gasteiger partial charge on any atom is 0.291 e. The first-order valence-corrected chi connectivity index (χ1v) is 8.01. The summed E-state index contributed by atoms with van der Waals surface area (Å²) < 4.78 is 32.2. The Morgan fingerprint density at radius 2 is 1.90 bits per heavy atom. The van der Waals surface area contributed by atoms with E-state index in [-0.39, 0.29) is 35.9 Å². The first-order valence-electron chi connectivity index (χ1n) is 6.57. The van der Waals surface area contributed by atoms with Gasteiger partial charge in [-0.05, 0) is 25.0 Å². The highest BCUT2D eigenvalue weighted by Crippen LogP contribution is 2.33. The number of rotatable bonds is 3. The third kappa shape index (κ3) is 2.47. The van der Waals surface area contributed by atoms with E-state index in [1.807, 2.05) is 0 Å². The number of anilines is 1. The van der Waals surface area contributed by atoms with Gasteiger partial charge in [0.1, 0.15) is 0 Å². The van der Waals surface area contributed by atoms with Gasteiger partial charge in [-0.1, -0.05) is 0 Å². The van der Waals surface area contributed by atoms with Crippen LogP contribution in [0, 0.1) is 10.1 Å². The van der Waals surface area contributed by atoms with Crippen molar-refractivity contribution in [2.45, 2.75) is 29.9 Å². The van der Waals surface area contributed by atoms with E-state index in [2.05, 4.69) is 0 Å². The van der Waals surface area contributed by atoms with Crippen LogP contribution in [-0.2, 0) is 14.8 Å². The molecule has 2 heterocycles. The van der Waals surface area contributed by atoms with Gasteiger partial charge in [-0.2, -0.15) is 4.31 Å². The first-order chi connectivity index (χ1) is 9.88. The number of nitrogen functional groups attached to an aromatic ring is 1. The second-order valence-electron chi connectivity index (χ2n) is 5.26. The van der Waals surface area contributed by atoms with Gasteiger partial charge in [0.25, 0.3) is 5.69 Å². The lowest BCUT2D eigenvalue weighted by Crippen LogP contribution is -2.45. The summed E-state index contributed by atoms with van der Waals surface area (Å²) in [6.45, 7) is 0.473. The molecule has 2 atom stereocenters. The fourth-order valence-electron chi connectivity index (χ4n) is 2.81. The van der Waals surface area contributed by atoms with Gasteiger partial charge >= 0.3 is 0 Å². The largest absolute Gasteiger partial charge is 0.399 e. The number of nitrogens with two attached hydrogens (primary N) is 1. The number of nitro groups is 1. The predicted octanol–water partition coefficient (Wildman–Crippen LogP) is 0.729. The highest BCUT2D eigenvalue weighted by Gasteiger charge is 2.41. The van der Waals surface area contributed by atoms with Gasteiger partial charge in [0.05, 0.1) is 17.1 Å². The van der Waals surface area contributed by atoms with E-state index in [0.717, 1.165) is 18.9 Å². The van der Waals surface area contributed by atoms with Crippen molar-refractivity contribution >= 4 is 21.4 Å². The maximum absolute atomic E-state index is 12.7. The highest BCUT2D eigenvalue weighted by atomic mass is 32.2. The first kappa shape index (κ1) is 14.2. The summed E-state index contributed by atoms with van der Waals surface area (Å²) in [5.41, 5.74) is 5.17. The monoisotopic (exact) mass is 313 g/mol. The lowest BCUT2D eigenvalue weighted by molar-refractivity contribution is -0.387. The summed E-state index contributed by atoms with van der Waals surface area (Å²) in [5.74, 6) is 0. The highest BCUT2D eigenvalue weighted by molar-refractivity contribution is 7.89. The van der Waals surface area contributed by atoms with Crippen LogP contribution in [0.3, 0.4) is 0 Å². The molecule has 114 valence electrons. The number of nitrogens with zero attached hydrogens (tertiary/aromatic N) is 2. The smallest absolute Gasteiger partial charge is 0.291 e. The second-order valence-corrected chi connectivity index (χ2v) is 7.17. The summed E-state index contributed by atoms with van der Waals surface area (Å²) in [6.07, 6.45) is 1.40. The number of nitro benzene ring substituents is 1. The number of benzene rings is 1. The standard InChI is InChI=1S/C12H15N3O5S/c13-8-1-4-12(11(5-8)15(16)17)21(18,19)14-6-9-2-3-10(7-14)20-9/h1,4-5,9-10H,2-3,6-7,13H2. The Labute approximate surface area is 121 Å². The molecular formula is C12H15N3O5S. The quantitative estimate of drug-likeness (QED) is 0.499. The fraction of sp³-hybridized carbons (Fsp3) is 0.500. The zero-order valence-electron chi connectivity index (χ0n) is 11.1. The van der Waals surface area contributed by atoms with Crippen LogP contribution in [-0.4, -0.2) is 42.9 Å². The Kier molecular flexibility index (Phi) is 3.34. The van der Waals surface area contributed by atoms with Crippen LogP contribution < -0.4 is 5.73 Å². The summed E-state index contributed by atoms with van der Waals surface area (Å²) in [4.78, 5) is 10.0. The van der Waals surface area contributed by atoms with Crippen molar-refractivity contribution in [3.8, 4) is 0 Å². The van der Waals surface area contributed by atoms with Crippen LogP contribution in [0.25, 0.3) is 0 Å². The van der Waals surface area contributed by atoms with Crippen molar-refractivity contribution in [3.05, 3.63) is 28.3 Å². The molecule has 0 radical (unpaired) electrons. The van der Waals surface area contributed by atoms with Gasteiger partial charge in [0.15, 0.2) is 4.90 Å². The molecule has 1 aromatic rings. The number of morpholine rings is 1. The Hall–Kier alpha value is -1.71. The summed E-state index contributed by atoms with van der Waals surface area (Å²) >= 11 is 0. The average molecular weight is 313 g/mol. The van der Waals surface area contributed by atoms with Crippen LogP contribution in [0.5, 0.6) is 0 Å². The van der Waals surface area contributed by atoms with Crippen LogP contribution in [0.4, 0.5) is 11.4 Å². The third-order valence-corrected chi connectivity index (χ3v) is 5.69. The minimum Gasteiger partial charge on any atom is -0.399 e. The van der Waals surface area contributed by atoms with E-state index in [4.69, 9.17) is 10.5 Å². The Bertz CT molecular complexity index is 678. The number of hydrogen-bond acceptors (Lipinski definition) is 6. The van der Waals surface area contributed by atoms with Crippen molar-refractivity contribution in [1.29, 1.82) is 0 Å². The molecule has 3 rings (SSSR count). The van der Waals surface area contributed by atoms with Crippen molar-refractivity contribution in [3.63, 3.8) is 0 Å². The third-order valence-electron chi connectivity index (χ3n) is 3.81. The van der Waals surface area contributed by atoms with E-state index in [1.165, 1.54) is 16.4 Å². The molecule has 0 aromatic heterocycles. The van der Waals surface area contributed by atoms with Crippen LogP contribution >= 0.6 is 0 Å². The molecule has 0 amide bonds. The molecule has 2 aliphatic heterocycles. The summed E-state index contributed by atoms with van der Waals surface area (Å²) in [6, 6.07) is 3.62. The van der Waals surface area contributed by atoms with Gasteiger partial charge < -0.3 is 10.5 Å². The Balaban J connectivity index is 2.01. The minimum atomic E-state index is -3.92. The SMILES string of the molecule is Nc1ccc(S(=O)(=O)N2CC3CCC(C2)O3)c([N+](=O)[O-])c1. The molecule has 2 unspecified atom stereocenters. The van der Waals surface area contributed by atoms with Crippen LogP contribution in [0.2, 0.25) is 0 Å². The average Bonchev–Trinajstić information content (AvgIpc) is 2.76. The molecule has 9 heteroatoms. The molecule has 0 aliphatic carbocycles. The van der Waals surface area contributed by atoms with Gasteiger partial charge in [0, 0.05) is 24.8 Å². The molecule has 8 nitrogen and oxygen atoms in total. The number of ether oxygens (including phenoxy) is 1. The molecule has 2 aliphatic rings. The molecule has 0 spiro atoms. The molecular weight excluding hydrogens is 298 g/mol. The minimum absolute atomic E-state index is 0.119. The molecule has 21 heavy (non-hydrogen) atoms. The second kappa shape index (κ2) is 4.93. The van der Waals surface area contributed by atoms with E-state index < -0.39 is 20.6 Å². The van der Waals surface area contributed by atoms with Gasteiger partial charge in [0.2, 0.25) is 10.0 Å². The lowest BCUT2D eigenvalue weighted by atomic mass is 10.2. The van der Waals surface area contributed by atoms with Crippen LogP contribution in [0.15, 0.2) is 23.1 Å². The topological polar surface area (TPSA) is 116 Å². The molecule has 1 aromatic carbocycles. The zero-order chi connectivity index (χ0) is 15.2. The normalized spacial score (nSPS) is 25.9. The van der Waals surface area contributed by atoms with E-state index >= 15 is 0 Å². The Morgan fingerprint density at radius 1 is 1.29 bits per heavy atom. The summed E-state index contributed by atoms with van der Waals surface area (Å²) in [7, 11) is -3.92. The van der Waals surface area contributed by atoms with Crippen molar-refractivity contribution in [2.24, 2.45) is 0 Å². The maximum atomic E-state index is 12.7.